The fourth-order valence-electron chi connectivity index (χ4n) is 1.84. The molecule has 0 N–H and O–H groups in total. The predicted molar refractivity (Wildman–Crippen MR) is 64.0 cm³/mol. The molecular weight excluding hydrogens is 244 g/mol. The van der Waals surface area contributed by atoms with E-state index in [2.05, 4.69) is 0 Å². The van der Waals surface area contributed by atoms with Gasteiger partial charge in [0.05, 0.1) is 5.56 Å². The first-order valence-electron chi connectivity index (χ1n) is 6.02. The molecule has 0 saturated heterocycles. The van der Waals surface area contributed by atoms with Crippen molar-refractivity contribution in [3.8, 4) is 0 Å². The predicted octanol–water partition coefficient (Wildman–Crippen LogP) is 5.17. The molecule has 0 aliphatic rings. The van der Waals surface area contributed by atoms with Gasteiger partial charge < -0.3 is 0 Å². The molecule has 0 aliphatic heterocycles. The zero-order valence-electron chi connectivity index (χ0n) is 11.0. The van der Waals surface area contributed by atoms with Crippen molar-refractivity contribution in [3.63, 3.8) is 0 Å². The summed E-state index contributed by atoms with van der Waals surface area (Å²) in [6, 6.07) is 2.47. The van der Waals surface area contributed by atoms with E-state index < -0.39 is 17.6 Å². The highest BCUT2D eigenvalue weighted by Crippen LogP contribution is 2.35. The van der Waals surface area contributed by atoms with Crippen LogP contribution < -0.4 is 0 Å². The molecule has 1 rings (SSSR count). The second kappa shape index (κ2) is 5.29. The maximum absolute atomic E-state index is 13.9. The summed E-state index contributed by atoms with van der Waals surface area (Å²) in [5.74, 6) is -1.07. The third kappa shape index (κ3) is 3.47. The number of alkyl halides is 3. The van der Waals surface area contributed by atoms with Crippen LogP contribution in [0.3, 0.4) is 0 Å². The van der Waals surface area contributed by atoms with Gasteiger partial charge in [0.1, 0.15) is 5.82 Å². The molecule has 0 amide bonds. The Labute approximate surface area is 105 Å². The molecule has 18 heavy (non-hydrogen) atoms. The molecule has 0 aromatic heterocycles. The number of hydrogen-bond acceptors (Lipinski definition) is 0. The van der Waals surface area contributed by atoms with E-state index in [-0.39, 0.29) is 17.4 Å². The molecule has 1 aromatic carbocycles. The van der Waals surface area contributed by atoms with Crippen molar-refractivity contribution in [1.82, 2.24) is 0 Å². The fourth-order valence-corrected chi connectivity index (χ4v) is 1.84. The van der Waals surface area contributed by atoms with Crippen molar-refractivity contribution < 1.29 is 17.6 Å². The van der Waals surface area contributed by atoms with Crippen LogP contribution in [0.15, 0.2) is 12.1 Å². The van der Waals surface area contributed by atoms with Gasteiger partial charge in [0, 0.05) is 0 Å². The third-order valence-corrected chi connectivity index (χ3v) is 2.77. The van der Waals surface area contributed by atoms with Crippen LogP contribution in [-0.4, -0.2) is 0 Å². The van der Waals surface area contributed by atoms with E-state index in [0.717, 1.165) is 6.07 Å². The molecule has 4 heteroatoms. The van der Waals surface area contributed by atoms with Gasteiger partial charge in [0.25, 0.3) is 0 Å². The topological polar surface area (TPSA) is 0 Å². The zero-order valence-corrected chi connectivity index (χ0v) is 11.0. The van der Waals surface area contributed by atoms with E-state index in [1.54, 1.807) is 19.9 Å². The average molecular weight is 262 g/mol. The second-order valence-corrected chi connectivity index (χ2v) is 5.29. The molecule has 0 unspecified atom stereocenters. The fraction of sp³-hybridized carbons (Fsp3) is 0.571. The van der Waals surface area contributed by atoms with Gasteiger partial charge in [0.2, 0.25) is 0 Å². The van der Waals surface area contributed by atoms with Gasteiger partial charge >= 0.3 is 6.18 Å². The summed E-state index contributed by atoms with van der Waals surface area (Å²) in [4.78, 5) is 0. The molecule has 1 aromatic rings. The summed E-state index contributed by atoms with van der Waals surface area (Å²) >= 11 is 0. The standard InChI is InChI=1S/C14H18F4/c1-8(2)5-11-6-10(9(3)4)7-12(13(11)15)14(16,17)18/h6-9H,5H2,1-4H3. The van der Waals surface area contributed by atoms with E-state index >= 15 is 0 Å². The summed E-state index contributed by atoms with van der Waals surface area (Å²) in [6.07, 6.45) is -4.32. The lowest BCUT2D eigenvalue weighted by Gasteiger charge is -2.17. The highest BCUT2D eigenvalue weighted by molar-refractivity contribution is 5.35. The Hall–Kier alpha value is -1.06. The smallest absolute Gasteiger partial charge is 0.206 e. The number of benzene rings is 1. The van der Waals surface area contributed by atoms with Crippen LogP contribution in [0.4, 0.5) is 17.6 Å². The number of halogens is 4. The maximum atomic E-state index is 13.9. The van der Waals surface area contributed by atoms with Crippen LogP contribution in [0.2, 0.25) is 0 Å². The first-order valence-corrected chi connectivity index (χ1v) is 6.02. The van der Waals surface area contributed by atoms with Crippen molar-refractivity contribution in [2.24, 2.45) is 5.92 Å². The van der Waals surface area contributed by atoms with E-state index in [4.69, 9.17) is 0 Å². The van der Waals surface area contributed by atoms with Crippen LogP contribution in [0.25, 0.3) is 0 Å². The normalized spacial score (nSPS) is 12.6. The molecule has 0 atom stereocenters. The average Bonchev–Trinajstić information content (AvgIpc) is 2.18. The Morgan fingerprint density at radius 3 is 2.00 bits per heavy atom. The monoisotopic (exact) mass is 262 g/mol. The minimum Gasteiger partial charge on any atom is -0.206 e. The quantitative estimate of drug-likeness (QED) is 0.659. The van der Waals surface area contributed by atoms with Crippen molar-refractivity contribution >= 4 is 0 Å². The van der Waals surface area contributed by atoms with Crippen LogP contribution in [0.1, 0.15) is 50.3 Å². The summed E-state index contributed by atoms with van der Waals surface area (Å²) in [6.45, 7) is 7.31. The Morgan fingerprint density at radius 2 is 1.61 bits per heavy atom. The highest BCUT2D eigenvalue weighted by atomic mass is 19.4. The molecule has 0 bridgehead atoms. The van der Waals surface area contributed by atoms with Crippen LogP contribution in [0, 0.1) is 11.7 Å². The van der Waals surface area contributed by atoms with Crippen LogP contribution >= 0.6 is 0 Å². The first kappa shape index (κ1) is 15.0. The molecule has 0 saturated carbocycles. The van der Waals surface area contributed by atoms with E-state index in [1.807, 2.05) is 13.8 Å². The number of rotatable bonds is 3. The molecule has 0 fully saturated rings. The van der Waals surface area contributed by atoms with E-state index in [1.165, 1.54) is 0 Å². The van der Waals surface area contributed by atoms with Gasteiger partial charge in [-0.3, -0.25) is 0 Å². The van der Waals surface area contributed by atoms with Crippen molar-refractivity contribution in [3.05, 3.63) is 34.6 Å². The Kier molecular flexibility index (Phi) is 4.41. The molecule has 0 nitrogen and oxygen atoms in total. The van der Waals surface area contributed by atoms with E-state index in [0.29, 0.717) is 12.0 Å². The lowest BCUT2D eigenvalue weighted by Crippen LogP contribution is -2.12. The van der Waals surface area contributed by atoms with Gasteiger partial charge in [-0.2, -0.15) is 13.2 Å². The summed E-state index contributed by atoms with van der Waals surface area (Å²) in [5.41, 5.74) is -0.466. The van der Waals surface area contributed by atoms with E-state index in [9.17, 15) is 17.6 Å². The Morgan fingerprint density at radius 1 is 1.06 bits per heavy atom. The molecule has 102 valence electrons. The zero-order chi connectivity index (χ0) is 14.1. The number of hydrogen-bond donors (Lipinski definition) is 0. The van der Waals surface area contributed by atoms with Crippen LogP contribution in [0.5, 0.6) is 0 Å². The minimum atomic E-state index is -4.64. The second-order valence-electron chi connectivity index (χ2n) is 5.29. The molecular formula is C14H18F4. The highest BCUT2D eigenvalue weighted by Gasteiger charge is 2.35. The lowest BCUT2D eigenvalue weighted by atomic mass is 9.93. The summed E-state index contributed by atoms with van der Waals surface area (Å²) in [7, 11) is 0. The minimum absolute atomic E-state index is 0.0578. The summed E-state index contributed by atoms with van der Waals surface area (Å²) in [5, 5.41) is 0. The van der Waals surface area contributed by atoms with Gasteiger partial charge in [-0.25, -0.2) is 4.39 Å². The Bertz CT molecular complexity index is 417. The van der Waals surface area contributed by atoms with Gasteiger partial charge in [0.15, 0.2) is 0 Å². The SMILES string of the molecule is CC(C)Cc1cc(C(C)C)cc(C(F)(F)F)c1F. The third-order valence-electron chi connectivity index (χ3n) is 2.77. The van der Waals surface area contributed by atoms with Crippen LogP contribution in [-0.2, 0) is 12.6 Å². The van der Waals surface area contributed by atoms with Gasteiger partial charge in [-0.1, -0.05) is 33.8 Å². The lowest BCUT2D eigenvalue weighted by molar-refractivity contribution is -0.140. The molecule has 0 heterocycles. The van der Waals surface area contributed by atoms with Gasteiger partial charge in [-0.05, 0) is 35.4 Å². The first-order chi connectivity index (χ1) is 8.12. The van der Waals surface area contributed by atoms with Crippen molar-refractivity contribution in [1.29, 1.82) is 0 Å². The van der Waals surface area contributed by atoms with Crippen molar-refractivity contribution in [2.45, 2.75) is 46.2 Å². The molecule has 0 radical (unpaired) electrons. The van der Waals surface area contributed by atoms with Gasteiger partial charge in [-0.15, -0.1) is 0 Å². The Balaban J connectivity index is 3.38. The maximum Gasteiger partial charge on any atom is 0.419 e. The van der Waals surface area contributed by atoms with Crippen molar-refractivity contribution in [2.75, 3.05) is 0 Å². The largest absolute Gasteiger partial charge is 0.419 e. The molecule has 0 spiro atoms. The molecule has 0 aliphatic carbocycles. The summed E-state index contributed by atoms with van der Waals surface area (Å²) < 4.78 is 52.2.